The number of nitrogens with zero attached hydrogens (tertiary/aromatic N) is 2. The number of pyridine rings is 1. The second-order valence-electron chi connectivity index (χ2n) is 14.4. The number of para-hydroxylation sites is 1. The van der Waals surface area contributed by atoms with Gasteiger partial charge in [0.2, 0.25) is 0 Å². The van der Waals surface area contributed by atoms with Gasteiger partial charge in [0.1, 0.15) is 0 Å². The molecule has 10 rings (SSSR count). The van der Waals surface area contributed by atoms with E-state index in [1.54, 1.807) is 0 Å². The predicted molar refractivity (Wildman–Crippen MR) is 228 cm³/mol. The van der Waals surface area contributed by atoms with E-state index in [-0.39, 0.29) is 12.0 Å². The van der Waals surface area contributed by atoms with Crippen LogP contribution >= 0.6 is 11.3 Å². The molecule has 9 aromatic rings. The van der Waals surface area contributed by atoms with Crippen LogP contribution in [0.5, 0.6) is 0 Å². The molecule has 0 aliphatic carbocycles. The third-order valence-electron chi connectivity index (χ3n) is 11.3. The number of aromatic nitrogens is 1. The Morgan fingerprint density at radius 3 is 2.11 bits per heavy atom. The number of thiophene rings is 1. The SMILES string of the molecule is CCC1C(c2ccc(-c3cc4ccccc4c4cnc5ccccc5c34)cc2)=C(C)CC(c2ccc3c(c2)sc2ccccc23)=NC1c1ccccc1. The van der Waals surface area contributed by atoms with E-state index >= 15 is 0 Å². The Balaban J connectivity index is 1.11. The summed E-state index contributed by atoms with van der Waals surface area (Å²) in [7, 11) is 0. The van der Waals surface area contributed by atoms with Gasteiger partial charge in [0.15, 0.2) is 0 Å². The first kappa shape index (κ1) is 31.8. The van der Waals surface area contributed by atoms with Gasteiger partial charge in [-0.15, -0.1) is 11.3 Å². The van der Waals surface area contributed by atoms with E-state index in [1.807, 2.05) is 11.3 Å². The molecule has 0 bridgehead atoms. The van der Waals surface area contributed by atoms with Crippen molar-refractivity contribution in [3.8, 4) is 11.1 Å². The second-order valence-corrected chi connectivity index (χ2v) is 15.5. The molecule has 2 unspecified atom stereocenters. The van der Waals surface area contributed by atoms with Crippen molar-refractivity contribution in [1.82, 2.24) is 4.98 Å². The lowest BCUT2D eigenvalue weighted by atomic mass is 9.79. The molecule has 1 aliphatic heterocycles. The van der Waals surface area contributed by atoms with Crippen LogP contribution in [-0.2, 0) is 0 Å². The first-order valence-corrected chi connectivity index (χ1v) is 19.5. The third kappa shape index (κ3) is 5.38. The van der Waals surface area contributed by atoms with E-state index in [0.29, 0.717) is 0 Å². The van der Waals surface area contributed by atoms with Crippen molar-refractivity contribution < 1.29 is 0 Å². The van der Waals surface area contributed by atoms with Crippen molar-refractivity contribution in [2.45, 2.75) is 32.7 Å². The zero-order valence-electron chi connectivity index (χ0n) is 29.9. The quantitative estimate of drug-likeness (QED) is 0.164. The molecular weight excluding hydrogens is 661 g/mol. The van der Waals surface area contributed by atoms with Crippen LogP contribution in [0.4, 0.5) is 0 Å². The van der Waals surface area contributed by atoms with E-state index in [1.165, 1.54) is 91.8 Å². The molecule has 0 radical (unpaired) electrons. The molecule has 1 aliphatic rings. The number of allylic oxidation sites excluding steroid dienone is 1. The smallest absolute Gasteiger partial charge is 0.0821 e. The summed E-state index contributed by atoms with van der Waals surface area (Å²) in [6.07, 6.45) is 3.87. The van der Waals surface area contributed by atoms with E-state index in [2.05, 4.69) is 172 Å². The minimum absolute atomic E-state index is 0.0183. The van der Waals surface area contributed by atoms with E-state index in [4.69, 9.17) is 9.98 Å². The molecule has 0 fully saturated rings. The zero-order chi connectivity index (χ0) is 35.5. The van der Waals surface area contributed by atoms with Crippen molar-refractivity contribution in [2.24, 2.45) is 10.9 Å². The van der Waals surface area contributed by atoms with Gasteiger partial charge in [0.25, 0.3) is 0 Å². The molecule has 53 heavy (non-hydrogen) atoms. The highest BCUT2D eigenvalue weighted by Crippen LogP contribution is 2.45. The maximum atomic E-state index is 5.69. The van der Waals surface area contributed by atoms with Crippen LogP contribution in [0.1, 0.15) is 49.4 Å². The summed E-state index contributed by atoms with van der Waals surface area (Å²) in [6.45, 7) is 4.66. The van der Waals surface area contributed by atoms with Crippen LogP contribution in [0, 0.1) is 5.92 Å². The van der Waals surface area contributed by atoms with Crippen LogP contribution < -0.4 is 0 Å². The Kier molecular flexibility index (Phi) is 7.77. The predicted octanol–water partition coefficient (Wildman–Crippen LogP) is 14.0. The van der Waals surface area contributed by atoms with Gasteiger partial charge in [-0.2, -0.15) is 0 Å². The Hall–Kier alpha value is -5.90. The first-order valence-electron chi connectivity index (χ1n) is 18.7. The summed E-state index contributed by atoms with van der Waals surface area (Å²) in [6, 6.07) is 55.6. The van der Waals surface area contributed by atoms with E-state index < -0.39 is 0 Å². The van der Waals surface area contributed by atoms with Crippen LogP contribution in [0.15, 0.2) is 168 Å². The molecule has 254 valence electrons. The largest absolute Gasteiger partial charge is 0.280 e. The molecule has 2 nitrogen and oxygen atoms in total. The summed E-state index contributed by atoms with van der Waals surface area (Å²) < 4.78 is 2.65. The maximum Gasteiger partial charge on any atom is 0.0821 e. The highest BCUT2D eigenvalue weighted by molar-refractivity contribution is 7.25. The molecule has 0 amide bonds. The van der Waals surface area contributed by atoms with E-state index in [9.17, 15) is 0 Å². The summed E-state index contributed by atoms with van der Waals surface area (Å²) in [5.74, 6) is 0.241. The zero-order valence-corrected chi connectivity index (χ0v) is 30.7. The third-order valence-corrected chi connectivity index (χ3v) is 12.5. The molecular formula is C50H38N2S. The fourth-order valence-corrected chi connectivity index (χ4v) is 9.99. The molecule has 0 spiro atoms. The van der Waals surface area contributed by atoms with Crippen molar-refractivity contribution in [3.05, 3.63) is 180 Å². The summed E-state index contributed by atoms with van der Waals surface area (Å²) in [5.41, 5.74) is 11.2. The Bertz CT molecular complexity index is 2910. The monoisotopic (exact) mass is 698 g/mol. The van der Waals surface area contributed by atoms with E-state index in [0.717, 1.165) is 18.4 Å². The average Bonchev–Trinajstić information content (AvgIpc) is 3.51. The van der Waals surface area contributed by atoms with Crippen LogP contribution in [-0.4, -0.2) is 10.7 Å². The fraction of sp³-hybridized carbons (Fsp3) is 0.120. The van der Waals surface area contributed by atoms with Gasteiger partial charge in [-0.1, -0.05) is 140 Å². The molecule has 7 aromatic carbocycles. The Morgan fingerprint density at radius 1 is 0.604 bits per heavy atom. The minimum Gasteiger partial charge on any atom is -0.280 e. The molecule has 2 atom stereocenters. The van der Waals surface area contributed by atoms with Crippen molar-refractivity contribution in [3.63, 3.8) is 0 Å². The van der Waals surface area contributed by atoms with Gasteiger partial charge in [-0.05, 0) is 81.8 Å². The molecule has 0 N–H and O–H groups in total. The molecule has 2 aromatic heterocycles. The lowest BCUT2D eigenvalue weighted by molar-refractivity contribution is 0.525. The maximum absolute atomic E-state index is 5.69. The number of hydrogen-bond acceptors (Lipinski definition) is 3. The Labute approximate surface area is 313 Å². The van der Waals surface area contributed by atoms with Gasteiger partial charge in [0, 0.05) is 60.6 Å². The number of aliphatic imine (C=N–C) groups is 1. The number of fused-ring (bicyclic) bond motifs is 8. The van der Waals surface area contributed by atoms with Gasteiger partial charge in [0.05, 0.1) is 11.6 Å². The molecule has 0 saturated heterocycles. The Morgan fingerprint density at radius 2 is 1.28 bits per heavy atom. The van der Waals surface area contributed by atoms with Gasteiger partial charge >= 0.3 is 0 Å². The number of benzene rings is 7. The normalized spacial score (nSPS) is 16.5. The molecule has 0 saturated carbocycles. The highest BCUT2D eigenvalue weighted by atomic mass is 32.1. The lowest BCUT2D eigenvalue weighted by Crippen LogP contribution is -2.13. The number of rotatable bonds is 5. The topological polar surface area (TPSA) is 25.2 Å². The average molecular weight is 699 g/mol. The van der Waals surface area contributed by atoms with Crippen molar-refractivity contribution in [2.75, 3.05) is 0 Å². The summed E-state index contributed by atoms with van der Waals surface area (Å²) in [4.78, 5) is 10.6. The number of hydrogen-bond donors (Lipinski definition) is 0. The van der Waals surface area contributed by atoms with Crippen LogP contribution in [0.25, 0.3) is 69.3 Å². The van der Waals surface area contributed by atoms with Gasteiger partial charge < -0.3 is 0 Å². The van der Waals surface area contributed by atoms with Gasteiger partial charge in [-0.3, -0.25) is 9.98 Å². The fourth-order valence-electron chi connectivity index (χ4n) is 8.84. The van der Waals surface area contributed by atoms with Crippen molar-refractivity contribution >= 4 is 75.2 Å². The minimum atomic E-state index is 0.0183. The lowest BCUT2D eigenvalue weighted by Gasteiger charge is -2.27. The molecule has 3 heterocycles. The van der Waals surface area contributed by atoms with Crippen LogP contribution in [0.2, 0.25) is 0 Å². The summed E-state index contributed by atoms with van der Waals surface area (Å²) >= 11 is 1.88. The molecule has 3 heteroatoms. The first-order chi connectivity index (χ1) is 26.1. The van der Waals surface area contributed by atoms with Crippen LogP contribution in [0.3, 0.4) is 0 Å². The highest BCUT2D eigenvalue weighted by Gasteiger charge is 2.31. The second kappa shape index (κ2) is 12.9. The van der Waals surface area contributed by atoms with Crippen molar-refractivity contribution in [1.29, 1.82) is 0 Å². The summed E-state index contributed by atoms with van der Waals surface area (Å²) in [5, 5.41) is 8.76. The van der Waals surface area contributed by atoms with Gasteiger partial charge in [-0.25, -0.2) is 0 Å². The standard InChI is InChI=1S/C50H38N2S/c1-3-37-48(33-23-21-32(22-24-33)42-28-35-15-7-8-16-38(35)43-30-51-44-19-11-9-18-41(44)49(42)43)31(2)27-45(52-50(37)34-13-5-4-6-14-34)36-25-26-40-39-17-10-12-20-46(39)53-47(40)29-36/h4-26,28-30,37,50H,3,27H2,1-2H3.